The summed E-state index contributed by atoms with van der Waals surface area (Å²) in [5.74, 6) is -1.14. The van der Waals surface area contributed by atoms with E-state index in [-0.39, 0.29) is 11.3 Å². The zero-order chi connectivity index (χ0) is 24.0. The van der Waals surface area contributed by atoms with Crippen molar-refractivity contribution in [1.29, 1.82) is 0 Å². The summed E-state index contributed by atoms with van der Waals surface area (Å²) in [6.45, 7) is 3.95. The van der Waals surface area contributed by atoms with Gasteiger partial charge in [-0.3, -0.25) is 14.5 Å². The number of methoxy groups -OCH3 is 1. The highest BCUT2D eigenvalue weighted by Crippen LogP contribution is 2.45. The number of hydrogen-bond acceptors (Lipinski definition) is 4. The minimum absolute atomic E-state index is 0.0254. The highest BCUT2D eigenvalue weighted by atomic mass is 16.5. The number of amides is 1. The smallest absolute Gasteiger partial charge is 0.300 e. The molecule has 4 aromatic rings. The minimum Gasteiger partial charge on any atom is -0.507 e. The number of aliphatic hydroxyl groups excluding tert-OH is 1. The van der Waals surface area contributed by atoms with Gasteiger partial charge in [-0.25, -0.2) is 0 Å². The maximum absolute atomic E-state index is 13.4. The Bertz CT molecular complexity index is 1480. The fraction of sp³-hybridized carbons (Fsp3) is 0.143. The van der Waals surface area contributed by atoms with Crippen LogP contribution in [0.25, 0.3) is 16.7 Å². The third kappa shape index (κ3) is 3.27. The number of carbonyl (C=O) groups is 2. The van der Waals surface area contributed by atoms with E-state index < -0.39 is 17.7 Å². The predicted octanol–water partition coefficient (Wildman–Crippen LogP) is 5.42. The molecule has 6 heteroatoms. The summed E-state index contributed by atoms with van der Waals surface area (Å²) in [7, 11) is 1.54. The van der Waals surface area contributed by atoms with Crippen LogP contribution in [-0.2, 0) is 9.59 Å². The molecule has 34 heavy (non-hydrogen) atoms. The van der Waals surface area contributed by atoms with Gasteiger partial charge >= 0.3 is 0 Å². The molecular weight excluding hydrogens is 428 g/mol. The SMILES string of the molecule is COc1ccccc1C1/C(=C(\O)c2c[nH]c3ccccc23)C(=O)C(=O)N1c1ccc(C)c(C)c1. The average Bonchev–Trinajstić information content (AvgIpc) is 3.39. The molecule has 5 rings (SSSR count). The van der Waals surface area contributed by atoms with E-state index in [9.17, 15) is 14.7 Å². The van der Waals surface area contributed by atoms with Crippen LogP contribution in [0.4, 0.5) is 5.69 Å². The summed E-state index contributed by atoms with van der Waals surface area (Å²) in [4.78, 5) is 31.4. The number of para-hydroxylation sites is 2. The van der Waals surface area contributed by atoms with Crippen LogP contribution >= 0.6 is 0 Å². The molecule has 1 aliphatic rings. The fourth-order valence-electron chi connectivity index (χ4n) is 4.57. The number of anilines is 1. The van der Waals surface area contributed by atoms with E-state index in [2.05, 4.69) is 4.98 Å². The number of rotatable bonds is 4. The number of Topliss-reactive ketones (excluding diaryl/α,β-unsaturated/α-hetero) is 1. The average molecular weight is 453 g/mol. The minimum atomic E-state index is -0.855. The Morgan fingerprint density at radius 2 is 1.71 bits per heavy atom. The Labute approximate surface area is 197 Å². The van der Waals surface area contributed by atoms with Crippen LogP contribution < -0.4 is 9.64 Å². The van der Waals surface area contributed by atoms with E-state index in [1.165, 1.54) is 4.90 Å². The topological polar surface area (TPSA) is 82.6 Å². The number of aromatic nitrogens is 1. The number of fused-ring (bicyclic) bond motifs is 1. The number of aliphatic hydroxyl groups is 1. The number of H-pyrrole nitrogens is 1. The lowest BCUT2D eigenvalue weighted by atomic mass is 9.94. The zero-order valence-electron chi connectivity index (χ0n) is 19.1. The molecule has 1 amide bonds. The number of benzene rings is 3. The van der Waals surface area contributed by atoms with Crippen molar-refractivity contribution in [3.05, 3.63) is 101 Å². The molecule has 0 spiro atoms. The maximum atomic E-state index is 13.4. The lowest BCUT2D eigenvalue weighted by Gasteiger charge is -2.27. The van der Waals surface area contributed by atoms with Gasteiger partial charge in [-0.2, -0.15) is 0 Å². The first kappa shape index (κ1) is 21.5. The van der Waals surface area contributed by atoms with Crippen LogP contribution in [0.2, 0.25) is 0 Å². The van der Waals surface area contributed by atoms with Gasteiger partial charge in [0, 0.05) is 33.9 Å². The van der Waals surface area contributed by atoms with Crippen molar-refractivity contribution in [3.63, 3.8) is 0 Å². The second-order valence-electron chi connectivity index (χ2n) is 8.43. The largest absolute Gasteiger partial charge is 0.507 e. The van der Waals surface area contributed by atoms with E-state index in [0.29, 0.717) is 22.6 Å². The van der Waals surface area contributed by atoms with Crippen LogP contribution in [0.5, 0.6) is 5.75 Å². The molecule has 1 aromatic heterocycles. The van der Waals surface area contributed by atoms with Gasteiger partial charge in [0.1, 0.15) is 11.5 Å². The monoisotopic (exact) mass is 452 g/mol. The Morgan fingerprint density at radius 1 is 0.971 bits per heavy atom. The van der Waals surface area contributed by atoms with Crippen LogP contribution in [0, 0.1) is 13.8 Å². The second kappa shape index (κ2) is 8.23. The second-order valence-corrected chi connectivity index (χ2v) is 8.43. The van der Waals surface area contributed by atoms with E-state index in [0.717, 1.165) is 22.0 Å². The lowest BCUT2D eigenvalue weighted by Crippen LogP contribution is -2.29. The molecule has 0 radical (unpaired) electrons. The highest BCUT2D eigenvalue weighted by molar-refractivity contribution is 6.52. The molecule has 1 fully saturated rings. The molecule has 6 nitrogen and oxygen atoms in total. The maximum Gasteiger partial charge on any atom is 0.300 e. The number of nitrogens with zero attached hydrogens (tertiary/aromatic N) is 1. The van der Waals surface area contributed by atoms with Crippen LogP contribution in [0.1, 0.15) is 28.3 Å². The normalized spacial score (nSPS) is 17.5. The summed E-state index contributed by atoms with van der Waals surface area (Å²) < 4.78 is 5.58. The summed E-state index contributed by atoms with van der Waals surface area (Å²) in [6.07, 6.45) is 1.66. The first-order valence-electron chi connectivity index (χ1n) is 11.0. The van der Waals surface area contributed by atoms with E-state index in [4.69, 9.17) is 4.74 Å². The Morgan fingerprint density at radius 3 is 2.47 bits per heavy atom. The molecule has 3 aromatic carbocycles. The summed E-state index contributed by atoms with van der Waals surface area (Å²) >= 11 is 0. The molecule has 0 bridgehead atoms. The highest BCUT2D eigenvalue weighted by Gasteiger charge is 2.48. The first-order valence-corrected chi connectivity index (χ1v) is 11.0. The molecule has 2 heterocycles. The van der Waals surface area contributed by atoms with Gasteiger partial charge in [0.15, 0.2) is 0 Å². The van der Waals surface area contributed by atoms with Crippen LogP contribution in [0.3, 0.4) is 0 Å². The van der Waals surface area contributed by atoms with E-state index in [1.54, 1.807) is 19.4 Å². The summed E-state index contributed by atoms with van der Waals surface area (Å²) in [6, 6.07) is 19.5. The van der Waals surface area contributed by atoms with E-state index >= 15 is 0 Å². The standard InChI is InChI=1S/C28H24N2O4/c1-16-12-13-18(14-17(16)2)30-25(20-9-5-7-11-23(20)34-3)24(27(32)28(30)33)26(31)21-15-29-22-10-6-4-8-19(21)22/h4-15,25,29,31H,1-3H3/b26-24+. The van der Waals surface area contributed by atoms with E-state index in [1.807, 2.05) is 74.5 Å². The van der Waals surface area contributed by atoms with Crippen molar-refractivity contribution in [2.45, 2.75) is 19.9 Å². The molecule has 170 valence electrons. The van der Waals surface area contributed by atoms with Gasteiger partial charge in [-0.05, 0) is 49.2 Å². The van der Waals surface area contributed by atoms with Crippen molar-refractivity contribution in [1.82, 2.24) is 4.98 Å². The molecular formula is C28H24N2O4. The fourth-order valence-corrected chi connectivity index (χ4v) is 4.57. The third-order valence-corrected chi connectivity index (χ3v) is 6.49. The molecule has 1 unspecified atom stereocenters. The van der Waals surface area contributed by atoms with Gasteiger partial charge in [0.25, 0.3) is 11.7 Å². The van der Waals surface area contributed by atoms with Crippen molar-refractivity contribution < 1.29 is 19.4 Å². The quantitative estimate of drug-likeness (QED) is 0.246. The predicted molar refractivity (Wildman–Crippen MR) is 132 cm³/mol. The van der Waals surface area contributed by atoms with Gasteiger partial charge in [0.2, 0.25) is 0 Å². The Balaban J connectivity index is 1.79. The zero-order valence-corrected chi connectivity index (χ0v) is 19.1. The number of aryl methyl sites for hydroxylation is 2. The molecule has 0 aliphatic carbocycles. The third-order valence-electron chi connectivity index (χ3n) is 6.49. The Kier molecular flexibility index (Phi) is 5.21. The molecule has 2 N–H and O–H groups in total. The van der Waals surface area contributed by atoms with Gasteiger partial charge in [-0.1, -0.05) is 42.5 Å². The van der Waals surface area contributed by atoms with Gasteiger partial charge in [0.05, 0.1) is 18.7 Å². The molecule has 1 aliphatic heterocycles. The number of nitrogens with one attached hydrogen (secondary N) is 1. The number of ether oxygens (including phenoxy) is 1. The van der Waals surface area contributed by atoms with Gasteiger partial charge < -0.3 is 14.8 Å². The Hall–Kier alpha value is -4.32. The first-order chi connectivity index (χ1) is 16.4. The van der Waals surface area contributed by atoms with Crippen molar-refractivity contribution in [3.8, 4) is 5.75 Å². The summed E-state index contributed by atoms with van der Waals surface area (Å²) in [5, 5.41) is 12.2. The van der Waals surface area contributed by atoms with Crippen LogP contribution in [-0.4, -0.2) is 28.9 Å². The van der Waals surface area contributed by atoms with Crippen molar-refractivity contribution in [2.75, 3.05) is 12.0 Å². The summed E-state index contributed by atoms with van der Waals surface area (Å²) in [5.41, 5.74) is 4.58. The van der Waals surface area contributed by atoms with Crippen molar-refractivity contribution in [2.24, 2.45) is 0 Å². The molecule has 1 atom stereocenters. The molecule has 1 saturated heterocycles. The van der Waals surface area contributed by atoms with Gasteiger partial charge in [-0.15, -0.1) is 0 Å². The van der Waals surface area contributed by atoms with Crippen LogP contribution in [0.15, 0.2) is 78.5 Å². The molecule has 0 saturated carbocycles. The number of hydrogen-bond donors (Lipinski definition) is 2. The van der Waals surface area contributed by atoms with Crippen molar-refractivity contribution >= 4 is 34.0 Å². The lowest BCUT2D eigenvalue weighted by molar-refractivity contribution is -0.132. The number of aromatic amines is 1. The number of carbonyl (C=O) groups excluding carboxylic acids is 2. The number of ketones is 1.